The third-order valence-corrected chi connectivity index (χ3v) is 6.63. The standard InChI is InChI=1S/C25H25N3O6S/c29-21(24(31)32)9-11-26-23(30)20-14-35-22(28-20)10-12-27-25(33)34-13-19-17-7-3-1-5-15(17)16-6-2-4-8-18(16)19/h1-8,14,19,21,29H,9-13H2,(H,26,30)(H,27,33)(H,31,32)/t21-/m0/s1. The zero-order valence-electron chi connectivity index (χ0n) is 18.8. The lowest BCUT2D eigenvalue weighted by Gasteiger charge is -2.14. The number of nitrogens with zero attached hydrogens (tertiary/aromatic N) is 1. The van der Waals surface area contributed by atoms with Crippen molar-refractivity contribution >= 4 is 29.3 Å². The zero-order chi connectivity index (χ0) is 24.8. The number of thiazole rings is 1. The summed E-state index contributed by atoms with van der Waals surface area (Å²) in [4.78, 5) is 39.2. The van der Waals surface area contributed by atoms with E-state index < -0.39 is 24.1 Å². The summed E-state index contributed by atoms with van der Waals surface area (Å²) < 4.78 is 5.51. The predicted molar refractivity (Wildman–Crippen MR) is 129 cm³/mol. The lowest BCUT2D eigenvalue weighted by molar-refractivity contribution is -0.146. The van der Waals surface area contributed by atoms with Gasteiger partial charge in [-0.3, -0.25) is 4.79 Å². The van der Waals surface area contributed by atoms with E-state index in [0.29, 0.717) is 18.0 Å². The van der Waals surface area contributed by atoms with Crippen LogP contribution in [0.3, 0.4) is 0 Å². The van der Waals surface area contributed by atoms with Crippen LogP contribution in [0.4, 0.5) is 4.79 Å². The minimum atomic E-state index is -1.52. The van der Waals surface area contributed by atoms with Crippen LogP contribution in [0, 0.1) is 0 Å². The Morgan fingerprint density at radius 3 is 2.31 bits per heavy atom. The molecule has 10 heteroatoms. The Morgan fingerprint density at radius 1 is 1.00 bits per heavy atom. The largest absolute Gasteiger partial charge is 0.479 e. The molecular formula is C25H25N3O6S. The molecule has 0 unspecified atom stereocenters. The Kier molecular flexibility index (Phi) is 7.74. The molecule has 182 valence electrons. The monoisotopic (exact) mass is 495 g/mol. The van der Waals surface area contributed by atoms with Crippen LogP contribution < -0.4 is 10.6 Å². The average Bonchev–Trinajstić information content (AvgIpc) is 3.45. The molecule has 9 nitrogen and oxygen atoms in total. The number of amides is 2. The topological polar surface area (TPSA) is 138 Å². The number of carbonyl (C=O) groups is 3. The number of aliphatic carboxylic acids is 1. The number of aliphatic hydroxyl groups excluding tert-OH is 1. The van der Waals surface area contributed by atoms with E-state index in [1.807, 2.05) is 24.3 Å². The minimum absolute atomic E-state index is 0.00945. The quantitative estimate of drug-likeness (QED) is 0.339. The van der Waals surface area contributed by atoms with Crippen molar-refractivity contribution in [1.29, 1.82) is 0 Å². The number of alkyl carbamates (subject to hydrolysis) is 1. The maximum atomic E-state index is 12.3. The van der Waals surface area contributed by atoms with Gasteiger partial charge in [0.15, 0.2) is 6.10 Å². The van der Waals surface area contributed by atoms with Crippen molar-refractivity contribution in [3.05, 3.63) is 75.7 Å². The molecule has 0 saturated carbocycles. The van der Waals surface area contributed by atoms with Gasteiger partial charge >= 0.3 is 12.1 Å². The first-order valence-electron chi connectivity index (χ1n) is 11.2. The highest BCUT2D eigenvalue weighted by Gasteiger charge is 2.29. The second kappa shape index (κ2) is 11.1. The van der Waals surface area contributed by atoms with Crippen molar-refractivity contribution in [2.24, 2.45) is 0 Å². The molecule has 0 fully saturated rings. The van der Waals surface area contributed by atoms with Crippen LogP contribution in [-0.2, 0) is 16.0 Å². The van der Waals surface area contributed by atoms with E-state index >= 15 is 0 Å². The summed E-state index contributed by atoms with van der Waals surface area (Å²) in [5.41, 5.74) is 4.83. The maximum Gasteiger partial charge on any atom is 0.407 e. The number of carbonyl (C=O) groups excluding carboxylic acids is 2. The van der Waals surface area contributed by atoms with E-state index in [2.05, 4.69) is 39.9 Å². The first-order chi connectivity index (χ1) is 16.9. The molecule has 0 radical (unpaired) electrons. The molecule has 4 N–H and O–H groups in total. The van der Waals surface area contributed by atoms with Gasteiger partial charge in [-0.1, -0.05) is 48.5 Å². The Bertz CT molecular complexity index is 1180. The molecule has 4 rings (SSSR count). The van der Waals surface area contributed by atoms with E-state index in [9.17, 15) is 19.5 Å². The van der Waals surface area contributed by atoms with Crippen LogP contribution in [0.1, 0.15) is 39.0 Å². The van der Waals surface area contributed by atoms with Gasteiger partial charge in [-0.15, -0.1) is 11.3 Å². The Labute approximate surface area is 205 Å². The van der Waals surface area contributed by atoms with Crippen molar-refractivity contribution in [2.75, 3.05) is 19.7 Å². The van der Waals surface area contributed by atoms with Crippen LogP contribution in [0.15, 0.2) is 53.9 Å². The molecule has 3 aromatic rings. The van der Waals surface area contributed by atoms with Gasteiger partial charge in [0, 0.05) is 37.2 Å². The van der Waals surface area contributed by atoms with Crippen LogP contribution >= 0.6 is 11.3 Å². The number of carboxylic acids is 1. The summed E-state index contributed by atoms with van der Waals surface area (Å²) in [6, 6.07) is 16.3. The number of fused-ring (bicyclic) bond motifs is 3. The molecule has 1 atom stereocenters. The Balaban J connectivity index is 1.21. The lowest BCUT2D eigenvalue weighted by atomic mass is 9.98. The highest BCUT2D eigenvalue weighted by molar-refractivity contribution is 7.09. The number of benzene rings is 2. The first kappa shape index (κ1) is 24.4. The van der Waals surface area contributed by atoms with Crippen LogP contribution in [0.25, 0.3) is 11.1 Å². The molecule has 0 aliphatic heterocycles. The fourth-order valence-corrected chi connectivity index (χ4v) is 4.77. The number of hydrogen-bond donors (Lipinski definition) is 4. The normalized spacial score (nSPS) is 12.9. The molecule has 1 aliphatic carbocycles. The molecule has 2 aromatic carbocycles. The summed E-state index contributed by atoms with van der Waals surface area (Å²) in [6.45, 7) is 0.552. The van der Waals surface area contributed by atoms with E-state index in [0.717, 1.165) is 11.1 Å². The second-order valence-corrected chi connectivity index (χ2v) is 8.97. The maximum absolute atomic E-state index is 12.3. The minimum Gasteiger partial charge on any atom is -0.479 e. The van der Waals surface area contributed by atoms with Crippen molar-refractivity contribution in [2.45, 2.75) is 24.9 Å². The fourth-order valence-electron chi connectivity index (χ4n) is 3.99. The Hall–Kier alpha value is -3.76. The number of rotatable bonds is 10. The highest BCUT2D eigenvalue weighted by Crippen LogP contribution is 2.44. The van der Waals surface area contributed by atoms with Gasteiger partial charge in [0.2, 0.25) is 0 Å². The van der Waals surface area contributed by atoms with Gasteiger partial charge in [-0.05, 0) is 22.3 Å². The van der Waals surface area contributed by atoms with E-state index in [1.54, 1.807) is 5.38 Å². The second-order valence-electron chi connectivity index (χ2n) is 8.03. The van der Waals surface area contributed by atoms with Gasteiger partial charge in [0.05, 0.1) is 5.01 Å². The fraction of sp³-hybridized carbons (Fsp3) is 0.280. The smallest absolute Gasteiger partial charge is 0.407 e. The number of carboxylic acid groups (broad SMARTS) is 1. The van der Waals surface area contributed by atoms with Crippen molar-refractivity contribution in [1.82, 2.24) is 15.6 Å². The predicted octanol–water partition coefficient (Wildman–Crippen LogP) is 2.79. The number of nitrogens with one attached hydrogen (secondary N) is 2. The third-order valence-electron chi connectivity index (χ3n) is 5.72. The highest BCUT2D eigenvalue weighted by atomic mass is 32.1. The molecule has 1 heterocycles. The molecule has 1 aliphatic rings. The first-order valence-corrected chi connectivity index (χ1v) is 12.0. The van der Waals surface area contributed by atoms with Gasteiger partial charge in [-0.2, -0.15) is 0 Å². The summed E-state index contributed by atoms with van der Waals surface area (Å²) in [6.07, 6.45) is -1.70. The van der Waals surface area contributed by atoms with E-state index in [-0.39, 0.29) is 31.2 Å². The van der Waals surface area contributed by atoms with Gasteiger partial charge in [-0.25, -0.2) is 14.6 Å². The van der Waals surface area contributed by atoms with Crippen molar-refractivity contribution in [3.8, 4) is 11.1 Å². The van der Waals surface area contributed by atoms with E-state index in [1.165, 1.54) is 22.5 Å². The number of aromatic nitrogens is 1. The molecule has 1 aromatic heterocycles. The molecule has 0 bridgehead atoms. The summed E-state index contributed by atoms with van der Waals surface area (Å²) in [7, 11) is 0. The summed E-state index contributed by atoms with van der Waals surface area (Å²) in [5, 5.41) is 25.4. The molecular weight excluding hydrogens is 470 g/mol. The third kappa shape index (κ3) is 5.84. The van der Waals surface area contributed by atoms with Crippen LogP contribution in [0.5, 0.6) is 0 Å². The summed E-state index contributed by atoms with van der Waals surface area (Å²) in [5.74, 6) is -1.79. The van der Waals surface area contributed by atoms with E-state index in [4.69, 9.17) is 9.84 Å². The molecule has 2 amide bonds. The average molecular weight is 496 g/mol. The van der Waals surface area contributed by atoms with Crippen molar-refractivity contribution < 1.29 is 29.3 Å². The molecule has 35 heavy (non-hydrogen) atoms. The zero-order valence-corrected chi connectivity index (χ0v) is 19.6. The van der Waals surface area contributed by atoms with Gasteiger partial charge in [0.1, 0.15) is 12.3 Å². The van der Waals surface area contributed by atoms with Crippen LogP contribution in [-0.4, -0.2) is 59.0 Å². The van der Waals surface area contributed by atoms with Gasteiger partial charge in [0.25, 0.3) is 5.91 Å². The SMILES string of the molecule is O=C(NCCc1nc(C(=O)NCC[C@H](O)C(=O)O)cs1)OCC1c2ccccc2-c2ccccc21. The lowest BCUT2D eigenvalue weighted by Crippen LogP contribution is -2.30. The molecule has 0 saturated heterocycles. The Morgan fingerprint density at radius 2 is 1.66 bits per heavy atom. The van der Waals surface area contributed by atoms with Gasteiger partial charge < -0.3 is 25.6 Å². The number of aliphatic hydroxyl groups is 1. The number of hydrogen-bond acceptors (Lipinski definition) is 7. The summed E-state index contributed by atoms with van der Waals surface area (Å²) >= 11 is 1.28. The van der Waals surface area contributed by atoms with Crippen LogP contribution in [0.2, 0.25) is 0 Å². The van der Waals surface area contributed by atoms with Crippen molar-refractivity contribution in [3.63, 3.8) is 0 Å². The molecule has 0 spiro atoms. The number of ether oxygens (including phenoxy) is 1.